The third-order valence-corrected chi connectivity index (χ3v) is 5.60. The van der Waals surface area contributed by atoms with Crippen LogP contribution in [0.3, 0.4) is 0 Å². The number of alkyl halides is 3. The van der Waals surface area contributed by atoms with E-state index in [1.54, 1.807) is 6.07 Å². The Morgan fingerprint density at radius 3 is 2.71 bits per heavy atom. The number of hydrogen-bond donors (Lipinski definition) is 1. The molecule has 2 amide bonds. The molecule has 1 saturated carbocycles. The van der Waals surface area contributed by atoms with Gasteiger partial charge in [-0.05, 0) is 43.9 Å². The summed E-state index contributed by atoms with van der Waals surface area (Å²) in [6.07, 6.45) is -3.20. The minimum Gasteiger partial charge on any atom is -0.495 e. The summed E-state index contributed by atoms with van der Waals surface area (Å²) in [6, 6.07) is 4.97. The van der Waals surface area contributed by atoms with Crippen LogP contribution in [-0.4, -0.2) is 37.7 Å². The lowest BCUT2D eigenvalue weighted by atomic mass is 9.85. The highest BCUT2D eigenvalue weighted by atomic mass is 19.4. The van der Waals surface area contributed by atoms with Gasteiger partial charge in [0.1, 0.15) is 5.75 Å². The van der Waals surface area contributed by atoms with Crippen molar-refractivity contribution in [2.24, 2.45) is 11.8 Å². The van der Waals surface area contributed by atoms with Crippen molar-refractivity contribution in [3.8, 4) is 5.75 Å². The van der Waals surface area contributed by atoms with E-state index >= 15 is 0 Å². The molecule has 3 atom stereocenters. The molecule has 28 heavy (non-hydrogen) atoms. The average molecular weight is 398 g/mol. The fourth-order valence-corrected chi connectivity index (χ4v) is 4.06. The standard InChI is InChI=1S/C20H25F3N2O3/c1-12-6-7-17(28-2)16(8-12)25-11-13(9-18(25)26)19(27)24-15-5-3-4-14(10-15)20(21,22)23/h6-8,13-15H,3-5,9-11H2,1-2H3,(H,24,27). The molecule has 1 aromatic rings. The van der Waals surface area contributed by atoms with Crippen molar-refractivity contribution in [2.45, 2.75) is 51.2 Å². The normalized spacial score (nSPS) is 25.7. The number of nitrogens with zero attached hydrogens (tertiary/aromatic N) is 1. The highest BCUT2D eigenvalue weighted by Crippen LogP contribution is 2.38. The summed E-state index contributed by atoms with van der Waals surface area (Å²) in [5.41, 5.74) is 1.56. The molecule has 2 fully saturated rings. The summed E-state index contributed by atoms with van der Waals surface area (Å²) < 4.78 is 44.2. The maximum Gasteiger partial charge on any atom is 0.391 e. The molecule has 1 aliphatic heterocycles. The van der Waals surface area contributed by atoms with Gasteiger partial charge in [0, 0.05) is 19.0 Å². The van der Waals surface area contributed by atoms with Crippen molar-refractivity contribution in [1.82, 2.24) is 5.32 Å². The number of anilines is 1. The second-order valence-corrected chi connectivity index (χ2v) is 7.69. The highest BCUT2D eigenvalue weighted by Gasteiger charge is 2.43. The fourth-order valence-electron chi connectivity index (χ4n) is 4.06. The van der Waals surface area contributed by atoms with Crippen LogP contribution in [0.4, 0.5) is 18.9 Å². The van der Waals surface area contributed by atoms with Crippen molar-refractivity contribution in [1.29, 1.82) is 0 Å². The molecule has 1 heterocycles. The molecule has 5 nitrogen and oxygen atoms in total. The lowest BCUT2D eigenvalue weighted by molar-refractivity contribution is -0.184. The van der Waals surface area contributed by atoms with Gasteiger partial charge in [-0.15, -0.1) is 0 Å². The first-order valence-electron chi connectivity index (χ1n) is 9.51. The van der Waals surface area contributed by atoms with Crippen molar-refractivity contribution in [3.05, 3.63) is 23.8 Å². The third-order valence-electron chi connectivity index (χ3n) is 5.60. The van der Waals surface area contributed by atoms with Gasteiger partial charge < -0.3 is 15.0 Å². The monoisotopic (exact) mass is 398 g/mol. The van der Waals surface area contributed by atoms with E-state index in [9.17, 15) is 22.8 Å². The number of ether oxygens (including phenoxy) is 1. The molecule has 0 bridgehead atoms. The summed E-state index contributed by atoms with van der Waals surface area (Å²) in [4.78, 5) is 26.6. The van der Waals surface area contributed by atoms with Crippen LogP contribution < -0.4 is 15.0 Å². The summed E-state index contributed by atoms with van der Waals surface area (Å²) in [5, 5.41) is 2.75. The van der Waals surface area contributed by atoms with Gasteiger partial charge in [0.2, 0.25) is 11.8 Å². The molecular weight excluding hydrogens is 373 g/mol. The summed E-state index contributed by atoms with van der Waals surface area (Å²) >= 11 is 0. The Bertz CT molecular complexity index is 751. The Balaban J connectivity index is 1.65. The molecule has 3 unspecified atom stereocenters. The van der Waals surface area contributed by atoms with Crippen molar-refractivity contribution in [3.63, 3.8) is 0 Å². The lowest BCUT2D eigenvalue weighted by Crippen LogP contribution is -2.44. The quantitative estimate of drug-likeness (QED) is 0.843. The van der Waals surface area contributed by atoms with Gasteiger partial charge in [-0.1, -0.05) is 12.5 Å². The second-order valence-electron chi connectivity index (χ2n) is 7.69. The number of aryl methyl sites for hydroxylation is 1. The largest absolute Gasteiger partial charge is 0.495 e. The number of hydrogen-bond acceptors (Lipinski definition) is 3. The summed E-state index contributed by atoms with van der Waals surface area (Å²) in [7, 11) is 1.51. The molecule has 1 N–H and O–H groups in total. The first kappa shape index (κ1) is 20.5. The van der Waals surface area contributed by atoms with Crippen LogP contribution in [0.15, 0.2) is 18.2 Å². The minimum atomic E-state index is -4.23. The Kier molecular flexibility index (Phi) is 5.86. The highest BCUT2D eigenvalue weighted by molar-refractivity contribution is 6.01. The first-order valence-corrected chi connectivity index (χ1v) is 9.51. The zero-order valence-corrected chi connectivity index (χ0v) is 16.0. The number of nitrogens with one attached hydrogen (secondary N) is 1. The zero-order chi connectivity index (χ0) is 20.5. The van der Waals surface area contributed by atoms with Gasteiger partial charge in [0.15, 0.2) is 0 Å². The van der Waals surface area contributed by atoms with Gasteiger partial charge in [0.05, 0.1) is 24.6 Å². The Morgan fingerprint density at radius 2 is 2.04 bits per heavy atom. The number of benzene rings is 1. The molecule has 1 saturated heterocycles. The smallest absolute Gasteiger partial charge is 0.391 e. The third kappa shape index (κ3) is 4.42. The van der Waals surface area contributed by atoms with Crippen LogP contribution >= 0.6 is 0 Å². The van der Waals surface area contributed by atoms with Crippen LogP contribution in [0.5, 0.6) is 5.75 Å². The predicted octanol–water partition coefficient (Wildman–Crippen LogP) is 3.59. The lowest BCUT2D eigenvalue weighted by Gasteiger charge is -2.31. The molecule has 8 heteroatoms. The van der Waals surface area contributed by atoms with Crippen molar-refractivity contribution < 1.29 is 27.5 Å². The van der Waals surface area contributed by atoms with Crippen LogP contribution in [0.25, 0.3) is 0 Å². The van der Waals surface area contributed by atoms with Crippen molar-refractivity contribution >= 4 is 17.5 Å². The van der Waals surface area contributed by atoms with E-state index in [0.29, 0.717) is 24.3 Å². The van der Waals surface area contributed by atoms with E-state index in [0.717, 1.165) is 5.56 Å². The van der Waals surface area contributed by atoms with E-state index < -0.39 is 24.1 Å². The molecule has 0 spiro atoms. The van der Waals surface area contributed by atoms with Crippen LogP contribution in [-0.2, 0) is 9.59 Å². The Labute approximate surface area is 162 Å². The number of carbonyl (C=O) groups is 2. The van der Waals surface area contributed by atoms with Crippen LogP contribution in [0.1, 0.15) is 37.7 Å². The van der Waals surface area contributed by atoms with Gasteiger partial charge in [-0.2, -0.15) is 13.2 Å². The molecule has 3 rings (SSSR count). The fraction of sp³-hybridized carbons (Fsp3) is 0.600. The second kappa shape index (κ2) is 8.01. The topological polar surface area (TPSA) is 58.6 Å². The number of amides is 2. The maximum atomic E-state index is 13.0. The predicted molar refractivity (Wildman–Crippen MR) is 98.1 cm³/mol. The molecule has 1 aliphatic carbocycles. The molecule has 0 aromatic heterocycles. The molecule has 2 aliphatic rings. The van der Waals surface area contributed by atoms with Gasteiger partial charge >= 0.3 is 6.18 Å². The molecular formula is C20H25F3N2O3. The molecule has 1 aromatic carbocycles. The van der Waals surface area contributed by atoms with Crippen LogP contribution in [0.2, 0.25) is 0 Å². The van der Waals surface area contributed by atoms with E-state index in [-0.39, 0.29) is 37.6 Å². The van der Waals surface area contributed by atoms with E-state index in [4.69, 9.17) is 4.74 Å². The Hall–Kier alpha value is -2.25. The molecule has 0 radical (unpaired) electrons. The van der Waals surface area contributed by atoms with Gasteiger partial charge in [0.25, 0.3) is 0 Å². The minimum absolute atomic E-state index is 0.0400. The van der Waals surface area contributed by atoms with E-state index in [1.807, 2.05) is 19.1 Å². The Morgan fingerprint density at radius 1 is 1.29 bits per heavy atom. The zero-order valence-electron chi connectivity index (χ0n) is 16.0. The number of rotatable bonds is 4. The maximum absolute atomic E-state index is 13.0. The van der Waals surface area contributed by atoms with Gasteiger partial charge in [-0.25, -0.2) is 0 Å². The average Bonchev–Trinajstić information content (AvgIpc) is 3.03. The first-order chi connectivity index (χ1) is 13.2. The van der Waals surface area contributed by atoms with E-state index in [1.165, 1.54) is 12.0 Å². The molecule has 154 valence electrons. The number of halogens is 3. The van der Waals surface area contributed by atoms with Gasteiger partial charge in [-0.3, -0.25) is 9.59 Å². The number of methoxy groups -OCH3 is 1. The summed E-state index contributed by atoms with van der Waals surface area (Å²) in [5.74, 6) is -1.95. The van der Waals surface area contributed by atoms with E-state index in [2.05, 4.69) is 5.32 Å². The van der Waals surface area contributed by atoms with Crippen molar-refractivity contribution in [2.75, 3.05) is 18.6 Å². The number of carbonyl (C=O) groups excluding carboxylic acids is 2. The van der Waals surface area contributed by atoms with Crippen LogP contribution in [0, 0.1) is 18.8 Å². The summed E-state index contributed by atoms with van der Waals surface area (Å²) in [6.45, 7) is 2.09. The SMILES string of the molecule is COc1ccc(C)cc1N1CC(C(=O)NC2CCCC(C(F)(F)F)C2)CC1=O.